The van der Waals surface area contributed by atoms with E-state index in [-0.39, 0.29) is 5.97 Å². The van der Waals surface area contributed by atoms with Gasteiger partial charge in [-0.2, -0.15) is 0 Å². The van der Waals surface area contributed by atoms with E-state index in [4.69, 9.17) is 10.5 Å². The minimum absolute atomic E-state index is 0.186. The molecule has 4 heteroatoms. The lowest BCUT2D eigenvalue weighted by atomic mass is 9.88. The number of hydrogen-bond acceptors (Lipinski definition) is 4. The lowest BCUT2D eigenvalue weighted by molar-refractivity contribution is -0.154. The minimum Gasteiger partial charge on any atom is -0.465 e. The topological polar surface area (TPSA) is 52.3 Å². The molecule has 0 amide bonds. The van der Waals surface area contributed by atoms with Gasteiger partial charge in [0.2, 0.25) is 0 Å². The third-order valence-electron chi connectivity index (χ3n) is 2.89. The van der Waals surface area contributed by atoms with Crippen molar-refractivity contribution >= 4 is 17.3 Å². The molecule has 0 aliphatic carbocycles. The van der Waals surface area contributed by atoms with Gasteiger partial charge in [0.15, 0.2) is 0 Å². The number of thiophene rings is 1. The average Bonchev–Trinajstić information content (AvgIpc) is 2.80. The highest BCUT2D eigenvalue weighted by Gasteiger charge is 2.31. The molecular formula is C12H19NO2S. The van der Waals surface area contributed by atoms with Gasteiger partial charge >= 0.3 is 5.97 Å². The van der Waals surface area contributed by atoms with Crippen LogP contribution in [0.5, 0.6) is 0 Å². The van der Waals surface area contributed by atoms with Crippen LogP contribution in [0.25, 0.3) is 0 Å². The quantitative estimate of drug-likeness (QED) is 0.777. The van der Waals surface area contributed by atoms with Crippen LogP contribution < -0.4 is 5.73 Å². The molecule has 2 N–H and O–H groups in total. The lowest BCUT2D eigenvalue weighted by Gasteiger charge is -2.23. The van der Waals surface area contributed by atoms with Gasteiger partial charge in [-0.1, -0.05) is 13.0 Å². The fourth-order valence-corrected chi connectivity index (χ4v) is 1.94. The van der Waals surface area contributed by atoms with Crippen LogP contribution in [0.15, 0.2) is 17.5 Å². The first-order valence-corrected chi connectivity index (χ1v) is 6.40. The zero-order valence-electron chi connectivity index (χ0n) is 9.86. The number of rotatable bonds is 6. The minimum atomic E-state index is -0.532. The van der Waals surface area contributed by atoms with Crippen molar-refractivity contribution in [3.63, 3.8) is 0 Å². The van der Waals surface area contributed by atoms with Crippen molar-refractivity contribution in [2.45, 2.75) is 26.7 Å². The van der Waals surface area contributed by atoms with Crippen molar-refractivity contribution in [1.29, 1.82) is 0 Å². The van der Waals surface area contributed by atoms with Gasteiger partial charge in [-0.3, -0.25) is 4.79 Å². The van der Waals surface area contributed by atoms with Crippen LogP contribution in [-0.2, 0) is 16.0 Å². The van der Waals surface area contributed by atoms with E-state index in [1.54, 1.807) is 11.3 Å². The number of hydrogen-bond donors (Lipinski definition) is 1. The second-order valence-corrected chi connectivity index (χ2v) is 5.12. The predicted octanol–water partition coefficient (Wildman–Crippen LogP) is 2.21. The largest absolute Gasteiger partial charge is 0.465 e. The normalized spacial score (nSPS) is 14.4. The van der Waals surface area contributed by atoms with Gasteiger partial charge in [0.05, 0.1) is 12.0 Å². The van der Waals surface area contributed by atoms with Crippen molar-refractivity contribution in [1.82, 2.24) is 0 Å². The number of nitrogens with two attached hydrogens (primary N) is 1. The Balaban J connectivity index is 2.35. The van der Waals surface area contributed by atoms with Crippen molar-refractivity contribution < 1.29 is 9.53 Å². The molecule has 0 aromatic carbocycles. The van der Waals surface area contributed by atoms with Gasteiger partial charge in [0.25, 0.3) is 0 Å². The van der Waals surface area contributed by atoms with E-state index < -0.39 is 5.41 Å². The predicted molar refractivity (Wildman–Crippen MR) is 66.4 cm³/mol. The van der Waals surface area contributed by atoms with Gasteiger partial charge < -0.3 is 10.5 Å². The van der Waals surface area contributed by atoms with Crippen LogP contribution >= 0.6 is 11.3 Å². The van der Waals surface area contributed by atoms with Crippen LogP contribution in [0.4, 0.5) is 0 Å². The van der Waals surface area contributed by atoms with Crippen molar-refractivity contribution in [3.8, 4) is 0 Å². The van der Waals surface area contributed by atoms with Gasteiger partial charge in [0, 0.05) is 17.8 Å². The molecule has 1 atom stereocenters. The number of ether oxygens (including phenoxy) is 1. The number of carbonyl (C=O) groups excluding carboxylic acids is 1. The Kier molecular flexibility index (Phi) is 4.96. The molecule has 0 fully saturated rings. The summed E-state index contributed by atoms with van der Waals surface area (Å²) < 4.78 is 5.25. The Labute approximate surface area is 101 Å². The number of carbonyl (C=O) groups is 1. The first kappa shape index (κ1) is 13.2. The molecule has 0 radical (unpaired) electrons. The number of esters is 1. The maximum atomic E-state index is 11.8. The van der Waals surface area contributed by atoms with E-state index in [1.807, 2.05) is 31.4 Å². The van der Waals surface area contributed by atoms with Crippen LogP contribution in [0.1, 0.15) is 25.1 Å². The molecule has 1 aromatic rings. The van der Waals surface area contributed by atoms with E-state index >= 15 is 0 Å². The third-order valence-corrected chi connectivity index (χ3v) is 3.82. The summed E-state index contributed by atoms with van der Waals surface area (Å²) in [5.41, 5.74) is 5.05. The molecule has 1 rings (SSSR count). The smallest absolute Gasteiger partial charge is 0.313 e. The van der Waals surface area contributed by atoms with E-state index in [0.29, 0.717) is 19.6 Å². The molecule has 0 spiro atoms. The highest BCUT2D eigenvalue weighted by atomic mass is 32.1. The van der Waals surface area contributed by atoms with Crippen LogP contribution in [0, 0.1) is 5.41 Å². The molecule has 1 heterocycles. The molecule has 90 valence electrons. The summed E-state index contributed by atoms with van der Waals surface area (Å²) in [7, 11) is 0. The molecule has 1 unspecified atom stereocenters. The highest BCUT2D eigenvalue weighted by molar-refractivity contribution is 7.09. The second kappa shape index (κ2) is 6.01. The Morgan fingerprint density at radius 1 is 1.62 bits per heavy atom. The fourth-order valence-electron chi connectivity index (χ4n) is 1.25. The van der Waals surface area contributed by atoms with Gasteiger partial charge in [-0.25, -0.2) is 0 Å². The van der Waals surface area contributed by atoms with E-state index in [1.165, 1.54) is 4.88 Å². The Morgan fingerprint density at radius 2 is 2.38 bits per heavy atom. The van der Waals surface area contributed by atoms with E-state index in [9.17, 15) is 4.79 Å². The highest BCUT2D eigenvalue weighted by Crippen LogP contribution is 2.21. The zero-order chi connectivity index (χ0) is 12.0. The Hall–Kier alpha value is -0.870. The zero-order valence-corrected chi connectivity index (χ0v) is 10.7. The molecule has 1 aromatic heterocycles. The summed E-state index contributed by atoms with van der Waals surface area (Å²) in [6, 6.07) is 4.04. The molecule has 16 heavy (non-hydrogen) atoms. The maximum Gasteiger partial charge on any atom is 0.313 e. The first-order chi connectivity index (χ1) is 7.62. The summed E-state index contributed by atoms with van der Waals surface area (Å²) in [4.78, 5) is 13.0. The average molecular weight is 241 g/mol. The summed E-state index contributed by atoms with van der Waals surface area (Å²) in [5, 5.41) is 2.02. The first-order valence-electron chi connectivity index (χ1n) is 5.52. The molecule has 0 saturated heterocycles. The van der Waals surface area contributed by atoms with Crippen molar-refractivity contribution in [3.05, 3.63) is 22.4 Å². The Bertz CT molecular complexity index is 318. The standard InChI is InChI=1S/C12H19NO2S/c1-3-12(2,9-13)11(14)15-7-6-10-5-4-8-16-10/h4-5,8H,3,6-7,9,13H2,1-2H3. The van der Waals surface area contributed by atoms with Gasteiger partial charge in [0.1, 0.15) is 0 Å². The monoisotopic (exact) mass is 241 g/mol. The summed E-state index contributed by atoms with van der Waals surface area (Å²) in [5.74, 6) is -0.186. The molecular weight excluding hydrogens is 222 g/mol. The summed E-state index contributed by atoms with van der Waals surface area (Å²) in [6.07, 6.45) is 1.50. The second-order valence-electron chi connectivity index (χ2n) is 4.08. The van der Waals surface area contributed by atoms with Crippen LogP contribution in [0.2, 0.25) is 0 Å². The molecule has 0 aliphatic rings. The van der Waals surface area contributed by atoms with E-state index in [2.05, 4.69) is 0 Å². The van der Waals surface area contributed by atoms with Gasteiger partial charge in [-0.05, 0) is 24.8 Å². The molecule has 0 saturated carbocycles. The summed E-state index contributed by atoms with van der Waals surface area (Å²) >= 11 is 1.68. The van der Waals surface area contributed by atoms with Crippen LogP contribution in [-0.4, -0.2) is 19.1 Å². The van der Waals surface area contributed by atoms with Crippen molar-refractivity contribution in [2.75, 3.05) is 13.2 Å². The van der Waals surface area contributed by atoms with Gasteiger partial charge in [-0.15, -0.1) is 11.3 Å². The molecule has 0 aliphatic heterocycles. The van der Waals surface area contributed by atoms with Crippen LogP contribution in [0.3, 0.4) is 0 Å². The molecule has 3 nitrogen and oxygen atoms in total. The maximum absolute atomic E-state index is 11.8. The lowest BCUT2D eigenvalue weighted by Crippen LogP contribution is -2.36. The third kappa shape index (κ3) is 3.32. The fraction of sp³-hybridized carbons (Fsp3) is 0.583. The van der Waals surface area contributed by atoms with E-state index in [0.717, 1.165) is 6.42 Å². The molecule has 0 bridgehead atoms. The Morgan fingerprint density at radius 3 is 2.88 bits per heavy atom. The SMILES string of the molecule is CCC(C)(CN)C(=O)OCCc1cccs1. The van der Waals surface area contributed by atoms with Crippen molar-refractivity contribution in [2.24, 2.45) is 11.1 Å². The summed E-state index contributed by atoms with van der Waals surface area (Å²) in [6.45, 7) is 4.57.